The third kappa shape index (κ3) is 4.51. The van der Waals surface area contributed by atoms with Crippen LogP contribution < -0.4 is 5.32 Å². The molecule has 0 saturated heterocycles. The van der Waals surface area contributed by atoms with Crippen molar-refractivity contribution >= 4 is 35.0 Å². The van der Waals surface area contributed by atoms with Crippen molar-refractivity contribution in [1.29, 1.82) is 0 Å². The molecule has 0 spiro atoms. The summed E-state index contributed by atoms with van der Waals surface area (Å²) in [6.45, 7) is 6.70. The zero-order valence-corrected chi connectivity index (χ0v) is 17.1. The van der Waals surface area contributed by atoms with E-state index in [0.717, 1.165) is 28.2 Å². The van der Waals surface area contributed by atoms with Gasteiger partial charge in [-0.3, -0.25) is 4.79 Å². The smallest absolute Gasteiger partial charge is 0.234 e. The standard InChI is InChI=1S/C20H21ClN4OS/c1-4-25-19(15-9-6-10-16(21)11-15)23-24-20(25)27-12-17(26)22-18-13(2)7-5-8-14(18)3/h5-11H,4,12H2,1-3H3,(H,22,26). The average Bonchev–Trinajstić information content (AvgIpc) is 3.06. The van der Waals surface area contributed by atoms with E-state index in [1.807, 2.05) is 67.8 Å². The first-order valence-electron chi connectivity index (χ1n) is 8.67. The highest BCUT2D eigenvalue weighted by atomic mass is 35.5. The Kier molecular flexibility index (Phi) is 6.19. The van der Waals surface area contributed by atoms with Gasteiger partial charge in [-0.2, -0.15) is 0 Å². The van der Waals surface area contributed by atoms with Crippen LogP contribution in [-0.2, 0) is 11.3 Å². The Morgan fingerprint density at radius 2 is 1.85 bits per heavy atom. The lowest BCUT2D eigenvalue weighted by Crippen LogP contribution is -2.16. The lowest BCUT2D eigenvalue weighted by molar-refractivity contribution is -0.113. The molecule has 1 amide bonds. The molecular formula is C20H21ClN4OS. The Bertz CT molecular complexity index is 950. The van der Waals surface area contributed by atoms with Crippen LogP contribution in [0.15, 0.2) is 47.6 Å². The number of nitrogens with zero attached hydrogens (tertiary/aromatic N) is 3. The second kappa shape index (κ2) is 8.59. The molecule has 0 aliphatic heterocycles. The lowest BCUT2D eigenvalue weighted by Gasteiger charge is -2.11. The number of hydrogen-bond acceptors (Lipinski definition) is 4. The molecule has 140 valence electrons. The molecule has 0 saturated carbocycles. The van der Waals surface area contributed by atoms with Crippen molar-refractivity contribution in [1.82, 2.24) is 14.8 Å². The van der Waals surface area contributed by atoms with E-state index in [1.54, 1.807) is 0 Å². The number of aromatic nitrogens is 3. The Morgan fingerprint density at radius 3 is 2.52 bits per heavy atom. The molecule has 0 aliphatic rings. The third-order valence-corrected chi connectivity index (χ3v) is 5.40. The van der Waals surface area contributed by atoms with Gasteiger partial charge in [0.25, 0.3) is 0 Å². The molecular weight excluding hydrogens is 380 g/mol. The van der Waals surface area contributed by atoms with Crippen LogP contribution in [0.2, 0.25) is 5.02 Å². The highest BCUT2D eigenvalue weighted by Crippen LogP contribution is 2.26. The zero-order chi connectivity index (χ0) is 19.4. The van der Waals surface area contributed by atoms with Crippen LogP contribution in [-0.4, -0.2) is 26.4 Å². The van der Waals surface area contributed by atoms with Gasteiger partial charge in [-0.15, -0.1) is 10.2 Å². The Morgan fingerprint density at radius 1 is 1.15 bits per heavy atom. The summed E-state index contributed by atoms with van der Waals surface area (Å²) in [7, 11) is 0. The molecule has 0 aliphatic carbocycles. The normalized spacial score (nSPS) is 10.8. The molecule has 0 bridgehead atoms. The molecule has 1 heterocycles. The minimum atomic E-state index is -0.0626. The van der Waals surface area contributed by atoms with Gasteiger partial charge in [-0.05, 0) is 44.0 Å². The van der Waals surface area contributed by atoms with E-state index in [-0.39, 0.29) is 11.7 Å². The van der Waals surface area contributed by atoms with Crippen LogP contribution >= 0.6 is 23.4 Å². The SMILES string of the molecule is CCn1c(SCC(=O)Nc2c(C)cccc2C)nnc1-c1cccc(Cl)c1. The van der Waals surface area contributed by atoms with Gasteiger partial charge in [0.2, 0.25) is 5.91 Å². The van der Waals surface area contributed by atoms with Gasteiger partial charge >= 0.3 is 0 Å². The number of halogens is 1. The molecule has 0 radical (unpaired) electrons. The zero-order valence-electron chi connectivity index (χ0n) is 15.5. The maximum atomic E-state index is 12.4. The first kappa shape index (κ1) is 19.5. The fourth-order valence-electron chi connectivity index (χ4n) is 2.84. The number of rotatable bonds is 6. The van der Waals surface area contributed by atoms with Crippen molar-refractivity contribution in [3.8, 4) is 11.4 Å². The van der Waals surface area contributed by atoms with E-state index in [0.29, 0.717) is 16.7 Å². The van der Waals surface area contributed by atoms with Gasteiger partial charge in [-0.25, -0.2) is 0 Å². The summed E-state index contributed by atoms with van der Waals surface area (Å²) in [5.74, 6) is 0.951. The molecule has 7 heteroatoms. The van der Waals surface area contributed by atoms with Crippen molar-refractivity contribution < 1.29 is 4.79 Å². The molecule has 1 N–H and O–H groups in total. The van der Waals surface area contributed by atoms with Crippen molar-refractivity contribution in [2.24, 2.45) is 0 Å². The van der Waals surface area contributed by atoms with E-state index in [4.69, 9.17) is 11.6 Å². The second-order valence-electron chi connectivity index (χ2n) is 6.16. The number of aryl methyl sites for hydroxylation is 2. The van der Waals surface area contributed by atoms with Crippen LogP contribution in [0.4, 0.5) is 5.69 Å². The van der Waals surface area contributed by atoms with Gasteiger partial charge in [0, 0.05) is 22.8 Å². The molecule has 3 aromatic rings. The van der Waals surface area contributed by atoms with Gasteiger partial charge in [-0.1, -0.05) is 53.7 Å². The number of carbonyl (C=O) groups excluding carboxylic acids is 1. The molecule has 27 heavy (non-hydrogen) atoms. The summed E-state index contributed by atoms with van der Waals surface area (Å²) in [6.07, 6.45) is 0. The van der Waals surface area contributed by atoms with Crippen molar-refractivity contribution in [2.45, 2.75) is 32.5 Å². The molecule has 2 aromatic carbocycles. The highest BCUT2D eigenvalue weighted by molar-refractivity contribution is 7.99. The summed E-state index contributed by atoms with van der Waals surface area (Å²) >= 11 is 7.46. The number of amides is 1. The second-order valence-corrected chi connectivity index (χ2v) is 7.54. The Hall–Kier alpha value is -2.31. The van der Waals surface area contributed by atoms with Gasteiger partial charge in [0.15, 0.2) is 11.0 Å². The van der Waals surface area contributed by atoms with Crippen molar-refractivity contribution in [2.75, 3.05) is 11.1 Å². The highest BCUT2D eigenvalue weighted by Gasteiger charge is 2.15. The lowest BCUT2D eigenvalue weighted by atomic mass is 10.1. The quantitative estimate of drug-likeness (QED) is 0.593. The van der Waals surface area contributed by atoms with E-state index in [9.17, 15) is 4.79 Å². The number of benzene rings is 2. The van der Waals surface area contributed by atoms with E-state index >= 15 is 0 Å². The number of carbonyl (C=O) groups is 1. The maximum Gasteiger partial charge on any atom is 0.234 e. The average molecular weight is 401 g/mol. The first-order chi connectivity index (χ1) is 13.0. The fourth-order valence-corrected chi connectivity index (χ4v) is 3.83. The minimum absolute atomic E-state index is 0.0626. The topological polar surface area (TPSA) is 59.8 Å². The number of para-hydroxylation sites is 1. The first-order valence-corrected chi connectivity index (χ1v) is 10.0. The molecule has 0 fully saturated rings. The summed E-state index contributed by atoms with van der Waals surface area (Å²) in [5.41, 5.74) is 3.88. The molecule has 0 atom stereocenters. The van der Waals surface area contributed by atoms with Crippen molar-refractivity contribution in [3.63, 3.8) is 0 Å². The number of anilines is 1. The number of hydrogen-bond donors (Lipinski definition) is 1. The molecule has 3 rings (SSSR count). The predicted octanol–water partition coefficient (Wildman–Crippen LogP) is 4.97. The number of nitrogens with one attached hydrogen (secondary N) is 1. The van der Waals surface area contributed by atoms with E-state index in [1.165, 1.54) is 11.8 Å². The molecule has 1 aromatic heterocycles. The van der Waals surface area contributed by atoms with Gasteiger partial charge in [0.1, 0.15) is 0 Å². The summed E-state index contributed by atoms with van der Waals surface area (Å²) in [6, 6.07) is 13.5. The molecule has 0 unspecified atom stereocenters. The monoisotopic (exact) mass is 400 g/mol. The van der Waals surface area contributed by atoms with E-state index < -0.39 is 0 Å². The van der Waals surface area contributed by atoms with Crippen LogP contribution in [0.5, 0.6) is 0 Å². The van der Waals surface area contributed by atoms with E-state index in [2.05, 4.69) is 15.5 Å². The fraction of sp³-hybridized carbons (Fsp3) is 0.250. The van der Waals surface area contributed by atoms with Gasteiger partial charge < -0.3 is 9.88 Å². The Balaban J connectivity index is 1.72. The maximum absolute atomic E-state index is 12.4. The summed E-state index contributed by atoms with van der Waals surface area (Å²) in [5, 5.41) is 12.9. The van der Waals surface area contributed by atoms with Crippen LogP contribution in [0.3, 0.4) is 0 Å². The summed E-state index contributed by atoms with van der Waals surface area (Å²) < 4.78 is 1.99. The third-order valence-electron chi connectivity index (χ3n) is 4.19. The van der Waals surface area contributed by atoms with Crippen LogP contribution in [0.1, 0.15) is 18.1 Å². The minimum Gasteiger partial charge on any atom is -0.325 e. The van der Waals surface area contributed by atoms with Crippen molar-refractivity contribution in [3.05, 3.63) is 58.6 Å². The van der Waals surface area contributed by atoms with Crippen LogP contribution in [0.25, 0.3) is 11.4 Å². The number of thioether (sulfide) groups is 1. The molecule has 5 nitrogen and oxygen atoms in total. The van der Waals surface area contributed by atoms with Crippen LogP contribution in [0, 0.1) is 13.8 Å². The predicted molar refractivity (Wildman–Crippen MR) is 111 cm³/mol. The largest absolute Gasteiger partial charge is 0.325 e. The Labute approximate surface area is 168 Å². The summed E-state index contributed by atoms with van der Waals surface area (Å²) in [4.78, 5) is 12.4. The van der Waals surface area contributed by atoms with Gasteiger partial charge in [0.05, 0.1) is 5.75 Å².